The summed E-state index contributed by atoms with van der Waals surface area (Å²) in [5.74, 6) is 0.675. The first-order valence-electron chi connectivity index (χ1n) is 8.31. The Labute approximate surface area is 152 Å². The number of halogens is 1. The molecule has 0 bridgehead atoms. The standard InChI is InChI=1S/C17H22ClN3O3S/c1-2-3-4-7-21-16-14(15(18)19-11-20-16)10-13(17(21)22)12-5-8-25(23,24)9-6-12/h2,10-12,23-24H,1,3-9H2. The van der Waals surface area contributed by atoms with Gasteiger partial charge in [0.1, 0.15) is 17.1 Å². The van der Waals surface area contributed by atoms with E-state index in [1.807, 2.05) is 6.08 Å². The summed E-state index contributed by atoms with van der Waals surface area (Å²) >= 11 is 6.24. The molecule has 3 rings (SSSR count). The molecule has 3 heterocycles. The highest BCUT2D eigenvalue weighted by Crippen LogP contribution is 2.48. The summed E-state index contributed by atoms with van der Waals surface area (Å²) in [4.78, 5) is 21.4. The van der Waals surface area contributed by atoms with E-state index in [-0.39, 0.29) is 11.5 Å². The SMILES string of the molecule is C=CCCCn1c(=O)c(C2CCS(O)(O)CC2)cc2c(Cl)ncnc21. The lowest BCUT2D eigenvalue weighted by atomic mass is 9.94. The minimum Gasteiger partial charge on any atom is -0.299 e. The van der Waals surface area contributed by atoms with Crippen LogP contribution < -0.4 is 5.56 Å². The molecule has 2 aromatic rings. The summed E-state index contributed by atoms with van der Waals surface area (Å²) in [7, 11) is -2.49. The summed E-state index contributed by atoms with van der Waals surface area (Å²) in [6, 6.07) is 1.78. The Morgan fingerprint density at radius 1 is 1.36 bits per heavy atom. The number of nitrogens with zero attached hydrogens (tertiary/aromatic N) is 3. The van der Waals surface area contributed by atoms with Crippen molar-refractivity contribution in [3.05, 3.63) is 46.1 Å². The van der Waals surface area contributed by atoms with Crippen LogP contribution in [0.15, 0.2) is 29.8 Å². The van der Waals surface area contributed by atoms with Gasteiger partial charge in [0.2, 0.25) is 0 Å². The van der Waals surface area contributed by atoms with Gasteiger partial charge in [0, 0.05) is 23.6 Å². The first-order valence-corrected chi connectivity index (χ1v) is 10.6. The van der Waals surface area contributed by atoms with Gasteiger partial charge in [0.25, 0.3) is 5.56 Å². The molecule has 0 amide bonds. The molecular weight excluding hydrogens is 362 g/mol. The van der Waals surface area contributed by atoms with Crippen LogP contribution in [-0.2, 0) is 6.54 Å². The zero-order chi connectivity index (χ0) is 18.0. The number of hydrogen-bond donors (Lipinski definition) is 2. The minimum atomic E-state index is -2.49. The summed E-state index contributed by atoms with van der Waals surface area (Å²) in [6.07, 6.45) is 5.95. The van der Waals surface area contributed by atoms with Crippen LogP contribution in [0.3, 0.4) is 0 Å². The molecule has 136 valence electrons. The van der Waals surface area contributed by atoms with Crippen LogP contribution in [-0.4, -0.2) is 35.1 Å². The smallest absolute Gasteiger partial charge is 0.255 e. The van der Waals surface area contributed by atoms with Crippen molar-refractivity contribution in [1.82, 2.24) is 14.5 Å². The second kappa shape index (κ2) is 7.45. The van der Waals surface area contributed by atoms with Crippen molar-refractivity contribution in [3.8, 4) is 0 Å². The van der Waals surface area contributed by atoms with E-state index in [1.165, 1.54) is 6.33 Å². The fourth-order valence-electron chi connectivity index (χ4n) is 3.29. The molecule has 0 spiro atoms. The van der Waals surface area contributed by atoms with Crippen molar-refractivity contribution in [2.45, 2.75) is 38.1 Å². The predicted octanol–water partition coefficient (Wildman–Crippen LogP) is 4.04. The Hall–Kier alpha value is -1.41. The fourth-order valence-corrected chi connectivity index (χ4v) is 5.00. The number of rotatable bonds is 5. The zero-order valence-corrected chi connectivity index (χ0v) is 15.5. The Balaban J connectivity index is 2.06. The van der Waals surface area contributed by atoms with Gasteiger partial charge in [-0.15, -0.1) is 6.58 Å². The number of pyridine rings is 1. The normalized spacial score (nSPS) is 19.0. The Bertz CT molecular complexity index is 843. The van der Waals surface area contributed by atoms with Crippen molar-refractivity contribution in [2.24, 2.45) is 0 Å². The summed E-state index contributed by atoms with van der Waals surface area (Å²) in [5, 5.41) is 0.985. The van der Waals surface area contributed by atoms with Gasteiger partial charge < -0.3 is 0 Å². The van der Waals surface area contributed by atoms with Crippen molar-refractivity contribution in [3.63, 3.8) is 0 Å². The minimum absolute atomic E-state index is 0.00116. The van der Waals surface area contributed by atoms with Gasteiger partial charge in [-0.25, -0.2) is 9.97 Å². The van der Waals surface area contributed by atoms with Gasteiger partial charge in [-0.1, -0.05) is 17.7 Å². The Morgan fingerprint density at radius 3 is 2.76 bits per heavy atom. The van der Waals surface area contributed by atoms with E-state index in [2.05, 4.69) is 16.5 Å². The first kappa shape index (κ1) is 18.4. The monoisotopic (exact) mass is 383 g/mol. The molecule has 6 nitrogen and oxygen atoms in total. The van der Waals surface area contributed by atoms with E-state index < -0.39 is 10.6 Å². The number of hydrogen-bond acceptors (Lipinski definition) is 5. The van der Waals surface area contributed by atoms with E-state index in [1.54, 1.807) is 10.6 Å². The largest absolute Gasteiger partial charge is 0.299 e. The van der Waals surface area contributed by atoms with Crippen molar-refractivity contribution < 1.29 is 9.11 Å². The zero-order valence-electron chi connectivity index (χ0n) is 13.9. The van der Waals surface area contributed by atoms with E-state index in [0.29, 0.717) is 52.6 Å². The van der Waals surface area contributed by atoms with Gasteiger partial charge in [0.05, 0.1) is 5.39 Å². The molecule has 8 heteroatoms. The van der Waals surface area contributed by atoms with E-state index >= 15 is 0 Å². The molecule has 1 fully saturated rings. The van der Waals surface area contributed by atoms with Crippen LogP contribution in [0.25, 0.3) is 11.0 Å². The lowest BCUT2D eigenvalue weighted by Crippen LogP contribution is -2.29. The quantitative estimate of drug-likeness (QED) is 0.462. The van der Waals surface area contributed by atoms with Gasteiger partial charge in [0.15, 0.2) is 0 Å². The Morgan fingerprint density at radius 2 is 2.08 bits per heavy atom. The molecule has 1 saturated heterocycles. The second-order valence-electron chi connectivity index (χ2n) is 6.37. The number of unbranched alkanes of at least 4 members (excludes halogenated alkanes) is 1. The number of aryl methyl sites for hydroxylation is 1. The van der Waals surface area contributed by atoms with Gasteiger partial charge in [-0.3, -0.25) is 18.5 Å². The molecule has 0 aromatic carbocycles. The molecular formula is C17H22ClN3O3S. The molecule has 2 aromatic heterocycles. The van der Waals surface area contributed by atoms with E-state index in [4.69, 9.17) is 11.6 Å². The first-order chi connectivity index (χ1) is 11.9. The molecule has 0 saturated carbocycles. The maximum atomic E-state index is 13.1. The van der Waals surface area contributed by atoms with Crippen LogP contribution in [0.5, 0.6) is 0 Å². The second-order valence-corrected chi connectivity index (χ2v) is 9.15. The van der Waals surface area contributed by atoms with E-state index in [9.17, 15) is 13.9 Å². The third kappa shape index (κ3) is 3.89. The number of allylic oxidation sites excluding steroid dienone is 1. The van der Waals surface area contributed by atoms with Crippen molar-refractivity contribution in [1.29, 1.82) is 0 Å². The summed E-state index contributed by atoms with van der Waals surface area (Å²) < 4.78 is 21.3. The maximum absolute atomic E-state index is 13.1. The predicted molar refractivity (Wildman–Crippen MR) is 103 cm³/mol. The molecule has 0 radical (unpaired) electrons. The summed E-state index contributed by atoms with van der Waals surface area (Å²) in [6.45, 7) is 4.25. The third-order valence-electron chi connectivity index (χ3n) is 4.68. The molecule has 1 aliphatic heterocycles. The number of fused-ring (bicyclic) bond motifs is 1. The molecule has 0 atom stereocenters. The summed E-state index contributed by atoms with van der Waals surface area (Å²) in [5.41, 5.74) is 1.13. The maximum Gasteiger partial charge on any atom is 0.255 e. The third-order valence-corrected chi connectivity index (χ3v) is 6.76. The van der Waals surface area contributed by atoms with Crippen molar-refractivity contribution in [2.75, 3.05) is 11.5 Å². The average Bonchev–Trinajstić information content (AvgIpc) is 2.57. The van der Waals surface area contributed by atoms with Crippen LogP contribution >= 0.6 is 22.2 Å². The fraction of sp³-hybridized carbons (Fsp3) is 0.471. The van der Waals surface area contributed by atoms with Crippen LogP contribution in [0.1, 0.15) is 37.2 Å². The highest BCUT2D eigenvalue weighted by atomic mass is 35.5. The van der Waals surface area contributed by atoms with Gasteiger partial charge in [-0.05, 0) is 37.7 Å². The lowest BCUT2D eigenvalue weighted by Gasteiger charge is -2.39. The van der Waals surface area contributed by atoms with E-state index in [0.717, 1.165) is 12.8 Å². The Kier molecular flexibility index (Phi) is 5.48. The molecule has 0 aliphatic carbocycles. The van der Waals surface area contributed by atoms with Gasteiger partial charge in [-0.2, -0.15) is 10.6 Å². The van der Waals surface area contributed by atoms with Gasteiger partial charge >= 0.3 is 0 Å². The topological polar surface area (TPSA) is 88.2 Å². The highest BCUT2D eigenvalue weighted by molar-refractivity contribution is 8.24. The van der Waals surface area contributed by atoms with Crippen LogP contribution in [0.2, 0.25) is 5.15 Å². The molecule has 2 N–H and O–H groups in total. The molecule has 1 aliphatic rings. The average molecular weight is 384 g/mol. The van der Waals surface area contributed by atoms with Crippen LogP contribution in [0, 0.1) is 0 Å². The molecule has 25 heavy (non-hydrogen) atoms. The molecule has 0 unspecified atom stereocenters. The lowest BCUT2D eigenvalue weighted by molar-refractivity contribution is 0.456. The number of aromatic nitrogens is 3. The van der Waals surface area contributed by atoms with Crippen molar-refractivity contribution >= 4 is 33.2 Å². The highest BCUT2D eigenvalue weighted by Gasteiger charge is 2.28. The van der Waals surface area contributed by atoms with Crippen LogP contribution in [0.4, 0.5) is 0 Å².